The number of aromatic nitrogens is 1. The van der Waals surface area contributed by atoms with Crippen LogP contribution >= 0.6 is 0 Å². The predicted molar refractivity (Wildman–Crippen MR) is 79.2 cm³/mol. The molecule has 22 heavy (non-hydrogen) atoms. The van der Waals surface area contributed by atoms with Crippen molar-refractivity contribution < 1.29 is 14.3 Å². The van der Waals surface area contributed by atoms with Crippen LogP contribution in [0.2, 0.25) is 0 Å². The molecule has 1 aliphatic carbocycles. The maximum Gasteiger partial charge on any atom is 0.256 e. The highest BCUT2D eigenvalue weighted by Crippen LogP contribution is 2.31. The van der Waals surface area contributed by atoms with E-state index in [0.29, 0.717) is 12.1 Å². The molecule has 1 aliphatic rings. The molecule has 1 amide bonds. The first-order valence-corrected chi connectivity index (χ1v) is 7.28. The first-order chi connectivity index (χ1) is 10.6. The minimum absolute atomic E-state index is 0.169. The number of aliphatic hydroxyl groups is 1. The Balaban J connectivity index is 1.76. The number of pyridine rings is 1. The SMILES string of the molecule is O=C([C@H](O)c1ccc(F)cc1)N(Cc1cccnc1)C1CC1. The lowest BCUT2D eigenvalue weighted by Crippen LogP contribution is -2.36. The van der Waals surface area contributed by atoms with Crippen molar-refractivity contribution in [2.75, 3.05) is 0 Å². The van der Waals surface area contributed by atoms with Crippen molar-refractivity contribution in [3.05, 3.63) is 65.7 Å². The van der Waals surface area contributed by atoms with Crippen molar-refractivity contribution >= 4 is 5.91 Å². The van der Waals surface area contributed by atoms with Gasteiger partial charge in [-0.1, -0.05) is 18.2 Å². The highest BCUT2D eigenvalue weighted by molar-refractivity contribution is 5.82. The van der Waals surface area contributed by atoms with E-state index in [1.165, 1.54) is 24.3 Å². The summed E-state index contributed by atoms with van der Waals surface area (Å²) in [4.78, 5) is 18.3. The Bertz CT molecular complexity index is 641. The lowest BCUT2D eigenvalue weighted by atomic mass is 10.1. The van der Waals surface area contributed by atoms with E-state index in [2.05, 4.69) is 4.98 Å². The van der Waals surface area contributed by atoms with Gasteiger partial charge in [-0.15, -0.1) is 0 Å². The molecule has 1 atom stereocenters. The first-order valence-electron chi connectivity index (χ1n) is 7.28. The van der Waals surface area contributed by atoms with Gasteiger partial charge in [0.15, 0.2) is 6.10 Å². The Hall–Kier alpha value is -2.27. The highest BCUT2D eigenvalue weighted by Gasteiger charge is 2.35. The molecular formula is C17H17FN2O2. The van der Waals surface area contributed by atoms with Crippen LogP contribution in [-0.2, 0) is 11.3 Å². The number of hydrogen-bond donors (Lipinski definition) is 1. The molecule has 0 spiro atoms. The van der Waals surface area contributed by atoms with Crippen molar-refractivity contribution in [3.63, 3.8) is 0 Å². The standard InChI is InChI=1S/C17H17FN2O2/c18-14-5-3-13(4-6-14)16(21)17(22)20(15-7-8-15)11-12-2-1-9-19-10-12/h1-6,9-10,15-16,21H,7-8,11H2/t16-/m1/s1. The van der Waals surface area contributed by atoms with Crippen LogP contribution in [0.15, 0.2) is 48.8 Å². The van der Waals surface area contributed by atoms with Crippen LogP contribution in [0.5, 0.6) is 0 Å². The summed E-state index contributed by atoms with van der Waals surface area (Å²) >= 11 is 0. The lowest BCUT2D eigenvalue weighted by molar-refractivity contribution is -0.141. The number of halogens is 1. The molecule has 4 nitrogen and oxygen atoms in total. The zero-order valence-corrected chi connectivity index (χ0v) is 12.0. The molecule has 1 heterocycles. The summed E-state index contributed by atoms with van der Waals surface area (Å²) in [5, 5.41) is 10.3. The summed E-state index contributed by atoms with van der Waals surface area (Å²) in [6, 6.07) is 9.26. The largest absolute Gasteiger partial charge is 0.378 e. The van der Waals surface area contributed by atoms with E-state index in [0.717, 1.165) is 18.4 Å². The van der Waals surface area contributed by atoms with Crippen LogP contribution in [0.25, 0.3) is 0 Å². The van der Waals surface area contributed by atoms with Gasteiger partial charge in [0, 0.05) is 25.0 Å². The topological polar surface area (TPSA) is 53.4 Å². The van der Waals surface area contributed by atoms with Crippen LogP contribution < -0.4 is 0 Å². The molecule has 1 saturated carbocycles. The van der Waals surface area contributed by atoms with Crippen molar-refractivity contribution in [2.24, 2.45) is 0 Å². The van der Waals surface area contributed by atoms with Crippen LogP contribution in [0.4, 0.5) is 4.39 Å². The number of amides is 1. The second-order valence-corrected chi connectivity index (χ2v) is 5.51. The highest BCUT2D eigenvalue weighted by atomic mass is 19.1. The molecule has 3 rings (SSSR count). The number of carbonyl (C=O) groups excluding carboxylic acids is 1. The Morgan fingerprint density at radius 3 is 2.64 bits per heavy atom. The van der Waals surface area contributed by atoms with Crippen LogP contribution in [0.1, 0.15) is 30.1 Å². The minimum Gasteiger partial charge on any atom is -0.378 e. The van der Waals surface area contributed by atoms with E-state index in [1.807, 2.05) is 12.1 Å². The molecule has 114 valence electrons. The summed E-state index contributed by atoms with van der Waals surface area (Å²) in [7, 11) is 0. The summed E-state index contributed by atoms with van der Waals surface area (Å²) < 4.78 is 13.0. The van der Waals surface area contributed by atoms with Gasteiger partial charge < -0.3 is 10.0 Å². The monoisotopic (exact) mass is 300 g/mol. The molecule has 2 aromatic rings. The number of benzene rings is 1. The van der Waals surface area contributed by atoms with Gasteiger partial charge in [-0.25, -0.2) is 4.39 Å². The lowest BCUT2D eigenvalue weighted by Gasteiger charge is -2.25. The van der Waals surface area contributed by atoms with Crippen molar-refractivity contribution in [1.82, 2.24) is 9.88 Å². The normalized spacial score (nSPS) is 15.4. The van der Waals surface area contributed by atoms with Crippen LogP contribution in [0.3, 0.4) is 0 Å². The van der Waals surface area contributed by atoms with Gasteiger partial charge in [0.1, 0.15) is 5.82 Å². The van der Waals surface area contributed by atoms with Crippen molar-refractivity contribution in [3.8, 4) is 0 Å². The number of hydrogen-bond acceptors (Lipinski definition) is 3. The average molecular weight is 300 g/mol. The smallest absolute Gasteiger partial charge is 0.256 e. The predicted octanol–water partition coefficient (Wildman–Crippen LogP) is 2.45. The molecule has 0 unspecified atom stereocenters. The Morgan fingerprint density at radius 1 is 1.32 bits per heavy atom. The third-order valence-corrected chi connectivity index (χ3v) is 3.77. The molecule has 1 aromatic carbocycles. The van der Waals surface area contributed by atoms with Crippen molar-refractivity contribution in [2.45, 2.75) is 31.5 Å². The number of nitrogens with zero attached hydrogens (tertiary/aromatic N) is 2. The summed E-state index contributed by atoms with van der Waals surface area (Å²) in [6.45, 7) is 0.426. The van der Waals surface area contributed by atoms with E-state index < -0.39 is 11.9 Å². The fourth-order valence-electron chi connectivity index (χ4n) is 2.41. The average Bonchev–Trinajstić information content (AvgIpc) is 3.38. The number of carbonyl (C=O) groups is 1. The van der Waals surface area contributed by atoms with E-state index in [1.54, 1.807) is 17.3 Å². The number of aliphatic hydroxyl groups excluding tert-OH is 1. The maximum atomic E-state index is 13.0. The number of rotatable bonds is 5. The third kappa shape index (κ3) is 3.31. The van der Waals surface area contributed by atoms with Gasteiger partial charge in [-0.2, -0.15) is 0 Å². The quantitative estimate of drug-likeness (QED) is 0.923. The zero-order valence-electron chi connectivity index (χ0n) is 12.0. The molecule has 0 bridgehead atoms. The van der Waals surface area contributed by atoms with E-state index >= 15 is 0 Å². The second kappa shape index (κ2) is 6.23. The van der Waals surface area contributed by atoms with Gasteiger partial charge in [0.05, 0.1) is 0 Å². The molecule has 1 fully saturated rings. The minimum atomic E-state index is -1.27. The molecule has 0 radical (unpaired) electrons. The Kier molecular flexibility index (Phi) is 4.15. The van der Waals surface area contributed by atoms with Gasteiger partial charge in [-0.3, -0.25) is 9.78 Å². The maximum absolute atomic E-state index is 13.0. The second-order valence-electron chi connectivity index (χ2n) is 5.51. The van der Waals surface area contributed by atoms with E-state index in [9.17, 15) is 14.3 Å². The van der Waals surface area contributed by atoms with Gasteiger partial charge in [-0.05, 0) is 42.2 Å². The third-order valence-electron chi connectivity index (χ3n) is 3.77. The van der Waals surface area contributed by atoms with E-state index in [-0.39, 0.29) is 11.9 Å². The van der Waals surface area contributed by atoms with Crippen LogP contribution in [-0.4, -0.2) is 26.9 Å². The molecular weight excluding hydrogens is 283 g/mol. The van der Waals surface area contributed by atoms with Gasteiger partial charge in [0.25, 0.3) is 5.91 Å². The van der Waals surface area contributed by atoms with Gasteiger partial charge in [0.2, 0.25) is 0 Å². The van der Waals surface area contributed by atoms with Crippen molar-refractivity contribution in [1.29, 1.82) is 0 Å². The summed E-state index contributed by atoms with van der Waals surface area (Å²) in [5.41, 5.74) is 1.33. The van der Waals surface area contributed by atoms with Gasteiger partial charge >= 0.3 is 0 Å². The molecule has 1 N–H and O–H groups in total. The zero-order chi connectivity index (χ0) is 15.5. The Labute approximate surface area is 128 Å². The molecule has 1 aromatic heterocycles. The summed E-state index contributed by atoms with van der Waals surface area (Å²) in [5.74, 6) is -0.740. The Morgan fingerprint density at radius 2 is 2.05 bits per heavy atom. The van der Waals surface area contributed by atoms with Crippen LogP contribution in [0, 0.1) is 5.82 Å². The molecule has 0 aliphatic heterocycles. The fraction of sp³-hybridized carbons (Fsp3) is 0.294. The van der Waals surface area contributed by atoms with E-state index in [4.69, 9.17) is 0 Å². The summed E-state index contributed by atoms with van der Waals surface area (Å²) in [6.07, 6.45) is 4.02. The molecule has 5 heteroatoms. The molecule has 0 saturated heterocycles. The fourth-order valence-corrected chi connectivity index (χ4v) is 2.41. The first kappa shape index (κ1) is 14.7.